The largest absolute Gasteiger partial charge is 0.367 e. The normalized spacial score (nSPS) is 19.8. The van der Waals surface area contributed by atoms with E-state index in [9.17, 15) is 0 Å². The number of tetrazole rings is 1. The lowest BCUT2D eigenvalue weighted by Crippen LogP contribution is -2.38. The lowest BCUT2D eigenvalue weighted by molar-refractivity contribution is 0.309. The Labute approximate surface area is 81.1 Å². The molecule has 0 radical (unpaired) electrons. The molecule has 0 amide bonds. The molecule has 0 spiro atoms. The number of nitrogens with two attached hydrogens (primary N) is 1. The first-order valence-corrected chi connectivity index (χ1v) is 5.55. The molecule has 1 heterocycles. The zero-order chi connectivity index (χ0) is 9.31. The second kappa shape index (κ2) is 3.17. The second-order valence-electron chi connectivity index (χ2n) is 3.44. The van der Waals surface area contributed by atoms with Crippen LogP contribution in [0.1, 0.15) is 19.3 Å². The number of nitrogens with zero attached hydrogens (tertiary/aromatic N) is 4. The highest BCUT2D eigenvalue weighted by molar-refractivity contribution is 8.00. The summed E-state index contributed by atoms with van der Waals surface area (Å²) in [7, 11) is 0. The molecule has 2 N–H and O–H groups in total. The molecule has 0 bridgehead atoms. The average Bonchev–Trinajstić information content (AvgIpc) is 2.44. The van der Waals surface area contributed by atoms with Gasteiger partial charge in [-0.15, -0.1) is 0 Å². The van der Waals surface area contributed by atoms with E-state index in [1.54, 1.807) is 4.68 Å². The molecule has 1 aliphatic carbocycles. The predicted octanol–water partition coefficient (Wildman–Crippen LogP) is 0.541. The third-order valence-electron chi connectivity index (χ3n) is 2.70. The van der Waals surface area contributed by atoms with Gasteiger partial charge in [0.05, 0.1) is 6.54 Å². The topological polar surface area (TPSA) is 69.6 Å². The van der Waals surface area contributed by atoms with Crippen molar-refractivity contribution in [3.63, 3.8) is 0 Å². The lowest BCUT2D eigenvalue weighted by Gasteiger charge is -2.39. The van der Waals surface area contributed by atoms with E-state index in [2.05, 4.69) is 21.8 Å². The molecule has 0 aromatic carbocycles. The van der Waals surface area contributed by atoms with Crippen LogP contribution in [0, 0.1) is 0 Å². The average molecular weight is 199 g/mol. The molecule has 5 nitrogen and oxygen atoms in total. The third-order valence-corrected chi connectivity index (χ3v) is 4.10. The zero-order valence-corrected chi connectivity index (χ0v) is 8.42. The highest BCUT2D eigenvalue weighted by Crippen LogP contribution is 2.44. The molecule has 1 saturated carbocycles. The predicted molar refractivity (Wildman–Crippen MR) is 52.3 cm³/mol. The maximum atomic E-state index is 5.60. The molecule has 6 heteroatoms. The van der Waals surface area contributed by atoms with Gasteiger partial charge in [-0.2, -0.15) is 11.8 Å². The van der Waals surface area contributed by atoms with Crippen LogP contribution in [0.3, 0.4) is 0 Å². The van der Waals surface area contributed by atoms with Gasteiger partial charge < -0.3 is 5.73 Å². The first-order chi connectivity index (χ1) is 6.26. The van der Waals surface area contributed by atoms with Crippen molar-refractivity contribution >= 4 is 17.7 Å². The van der Waals surface area contributed by atoms with Gasteiger partial charge in [-0.05, 0) is 29.5 Å². The van der Waals surface area contributed by atoms with E-state index >= 15 is 0 Å². The van der Waals surface area contributed by atoms with Crippen LogP contribution in [0.5, 0.6) is 0 Å². The van der Waals surface area contributed by atoms with Gasteiger partial charge in [0.25, 0.3) is 0 Å². The monoisotopic (exact) mass is 199 g/mol. The van der Waals surface area contributed by atoms with Crippen LogP contribution in [0.25, 0.3) is 0 Å². The fourth-order valence-electron chi connectivity index (χ4n) is 1.60. The molecule has 1 aromatic rings. The molecule has 1 aliphatic rings. The van der Waals surface area contributed by atoms with Crippen molar-refractivity contribution in [1.82, 2.24) is 20.2 Å². The number of nitrogen functional groups attached to an aromatic ring is 1. The van der Waals surface area contributed by atoms with E-state index in [0.29, 0.717) is 10.7 Å². The standard InChI is InChI=1S/C7H13N5S/c1-13-7(3-2-4-7)5-12-6(8)9-10-11-12/h2-5H2,1H3,(H2,8,9,11). The van der Waals surface area contributed by atoms with Crippen LogP contribution in [0.15, 0.2) is 0 Å². The van der Waals surface area contributed by atoms with Crippen LogP contribution >= 0.6 is 11.8 Å². The molecule has 0 unspecified atom stereocenters. The van der Waals surface area contributed by atoms with Crippen LogP contribution in [0.2, 0.25) is 0 Å². The molecule has 1 fully saturated rings. The maximum absolute atomic E-state index is 5.60. The van der Waals surface area contributed by atoms with Gasteiger partial charge in [-0.1, -0.05) is 11.5 Å². The molecular formula is C7H13N5S. The van der Waals surface area contributed by atoms with Crippen molar-refractivity contribution in [2.75, 3.05) is 12.0 Å². The molecular weight excluding hydrogens is 186 g/mol. The summed E-state index contributed by atoms with van der Waals surface area (Å²) >= 11 is 1.89. The summed E-state index contributed by atoms with van der Waals surface area (Å²) in [5.74, 6) is 0.417. The molecule has 0 saturated heterocycles. The Hall–Kier alpha value is -0.780. The van der Waals surface area contributed by atoms with E-state index in [1.807, 2.05) is 11.8 Å². The van der Waals surface area contributed by atoms with Gasteiger partial charge in [-0.3, -0.25) is 0 Å². The minimum absolute atomic E-state index is 0.337. The van der Waals surface area contributed by atoms with Crippen molar-refractivity contribution in [1.29, 1.82) is 0 Å². The number of hydrogen-bond acceptors (Lipinski definition) is 5. The maximum Gasteiger partial charge on any atom is 0.240 e. The summed E-state index contributed by atoms with van der Waals surface area (Å²) in [5, 5.41) is 11.0. The Balaban J connectivity index is 2.08. The van der Waals surface area contributed by atoms with Crippen LogP contribution in [-0.4, -0.2) is 31.2 Å². The number of anilines is 1. The highest BCUT2D eigenvalue weighted by Gasteiger charge is 2.37. The Morgan fingerprint density at radius 1 is 1.62 bits per heavy atom. The summed E-state index contributed by atoms with van der Waals surface area (Å²) < 4.78 is 2.03. The number of thioether (sulfide) groups is 1. The van der Waals surface area contributed by atoms with Gasteiger partial charge in [0.1, 0.15) is 0 Å². The summed E-state index contributed by atoms with van der Waals surface area (Å²) in [6, 6.07) is 0. The van der Waals surface area contributed by atoms with Crippen molar-refractivity contribution in [2.24, 2.45) is 0 Å². The molecule has 2 rings (SSSR count). The summed E-state index contributed by atoms with van der Waals surface area (Å²) in [5.41, 5.74) is 5.60. The Kier molecular flexibility index (Phi) is 2.15. The Morgan fingerprint density at radius 3 is 2.77 bits per heavy atom. The molecule has 72 valence electrons. The smallest absolute Gasteiger partial charge is 0.240 e. The summed E-state index contributed by atoms with van der Waals surface area (Å²) in [4.78, 5) is 0. The van der Waals surface area contributed by atoms with E-state index in [1.165, 1.54) is 19.3 Å². The number of aromatic nitrogens is 4. The van der Waals surface area contributed by atoms with Crippen LogP contribution in [-0.2, 0) is 6.54 Å². The van der Waals surface area contributed by atoms with E-state index in [0.717, 1.165) is 6.54 Å². The molecule has 13 heavy (non-hydrogen) atoms. The zero-order valence-electron chi connectivity index (χ0n) is 7.60. The first-order valence-electron chi connectivity index (χ1n) is 4.33. The van der Waals surface area contributed by atoms with Crippen molar-refractivity contribution in [3.8, 4) is 0 Å². The Morgan fingerprint density at radius 2 is 2.38 bits per heavy atom. The minimum atomic E-state index is 0.337. The van der Waals surface area contributed by atoms with E-state index in [-0.39, 0.29) is 0 Å². The fraction of sp³-hybridized carbons (Fsp3) is 0.857. The lowest BCUT2D eigenvalue weighted by atomic mass is 9.84. The summed E-state index contributed by atoms with van der Waals surface area (Å²) in [6.45, 7) is 0.840. The molecule has 1 aromatic heterocycles. The van der Waals surface area contributed by atoms with Gasteiger partial charge >= 0.3 is 0 Å². The van der Waals surface area contributed by atoms with Crippen molar-refractivity contribution in [2.45, 2.75) is 30.6 Å². The number of rotatable bonds is 3. The van der Waals surface area contributed by atoms with Gasteiger partial charge in [0, 0.05) is 4.75 Å². The fourth-order valence-corrected chi connectivity index (χ4v) is 2.54. The van der Waals surface area contributed by atoms with Crippen molar-refractivity contribution < 1.29 is 0 Å². The van der Waals surface area contributed by atoms with E-state index in [4.69, 9.17) is 5.73 Å². The van der Waals surface area contributed by atoms with E-state index < -0.39 is 0 Å². The highest BCUT2D eigenvalue weighted by atomic mass is 32.2. The van der Waals surface area contributed by atoms with Gasteiger partial charge in [0.2, 0.25) is 5.95 Å². The number of hydrogen-bond donors (Lipinski definition) is 1. The second-order valence-corrected chi connectivity index (χ2v) is 4.71. The quantitative estimate of drug-likeness (QED) is 0.769. The first kappa shape index (κ1) is 8.80. The molecule has 0 atom stereocenters. The van der Waals surface area contributed by atoms with Crippen LogP contribution in [0.4, 0.5) is 5.95 Å². The minimum Gasteiger partial charge on any atom is -0.367 e. The van der Waals surface area contributed by atoms with Crippen molar-refractivity contribution in [3.05, 3.63) is 0 Å². The van der Waals surface area contributed by atoms with Gasteiger partial charge in [0.15, 0.2) is 0 Å². The summed E-state index contributed by atoms with van der Waals surface area (Å²) in [6.07, 6.45) is 5.93. The Bertz CT molecular complexity index is 287. The SMILES string of the molecule is CSC1(Cn2nnnc2N)CCC1. The van der Waals surface area contributed by atoms with Crippen LogP contribution < -0.4 is 5.73 Å². The third kappa shape index (κ3) is 1.50. The molecule has 0 aliphatic heterocycles. The van der Waals surface area contributed by atoms with Gasteiger partial charge in [-0.25, -0.2) is 4.68 Å².